The second kappa shape index (κ2) is 13.4. The van der Waals surface area contributed by atoms with Crippen molar-refractivity contribution in [2.24, 2.45) is 4.99 Å². The first kappa shape index (κ1) is 33.3. The number of benzene rings is 1. The van der Waals surface area contributed by atoms with E-state index in [-0.39, 0.29) is 29.1 Å². The van der Waals surface area contributed by atoms with Gasteiger partial charge >= 0.3 is 13.7 Å². The average molecular weight is 653 g/mol. The van der Waals surface area contributed by atoms with Crippen LogP contribution >= 0.6 is 7.75 Å². The standard InChI is InChI=1S/C30H39F2N4O8P/c1-5-40-26-24-23(34-19(3)35-26)22(16-33-24)25-29(4,31)28(38)30(32,43-25)17-41-45(39,44-21-14-10-7-11-15-21)36-18(2)27(37)42-20-12-8-6-9-13-20/h7,10-11,14-16,18,20,22,25,28,38H,5-6,8-9,12-13,17H2,1-4H3,(H,36,39)/t18?,22?,25-,28-,29-,30+,45?/m0/s1. The first-order chi connectivity index (χ1) is 21.3. The number of carbonyl (C=O) groups excluding carboxylic acids is 1. The second-order valence-corrected chi connectivity index (χ2v) is 13.3. The molecule has 2 aliphatic heterocycles. The van der Waals surface area contributed by atoms with Crippen molar-refractivity contribution < 1.29 is 46.5 Å². The van der Waals surface area contributed by atoms with Gasteiger partial charge in [-0.2, -0.15) is 10.1 Å². The van der Waals surface area contributed by atoms with Crippen molar-refractivity contribution in [1.29, 1.82) is 0 Å². The van der Waals surface area contributed by atoms with Gasteiger partial charge in [0.15, 0.2) is 11.8 Å². The van der Waals surface area contributed by atoms with Gasteiger partial charge in [0.05, 0.1) is 18.2 Å². The van der Waals surface area contributed by atoms with Gasteiger partial charge in [-0.15, -0.1) is 0 Å². The van der Waals surface area contributed by atoms with Gasteiger partial charge in [0.25, 0.3) is 5.85 Å². The summed E-state index contributed by atoms with van der Waals surface area (Å²) in [6.07, 6.45) is 1.49. The van der Waals surface area contributed by atoms with Gasteiger partial charge in [0.2, 0.25) is 5.88 Å². The minimum absolute atomic E-state index is 0.0918. The molecule has 2 aromatic rings. The maximum Gasteiger partial charge on any atom is 0.459 e. The van der Waals surface area contributed by atoms with E-state index in [2.05, 4.69) is 20.0 Å². The van der Waals surface area contributed by atoms with Gasteiger partial charge in [-0.3, -0.25) is 14.3 Å². The average Bonchev–Trinajstić information content (AvgIpc) is 3.50. The lowest BCUT2D eigenvalue weighted by atomic mass is 9.85. The van der Waals surface area contributed by atoms with Crippen molar-refractivity contribution in [3.8, 4) is 11.6 Å². The van der Waals surface area contributed by atoms with Crippen LogP contribution in [0.1, 0.15) is 70.3 Å². The molecule has 246 valence electrons. The van der Waals surface area contributed by atoms with E-state index >= 15 is 8.78 Å². The first-order valence-electron chi connectivity index (χ1n) is 15.1. The molecule has 3 heterocycles. The highest BCUT2D eigenvalue weighted by molar-refractivity contribution is 7.52. The molecule has 1 aliphatic carbocycles. The minimum Gasteiger partial charge on any atom is -0.476 e. The number of hydrogen-bond donors (Lipinski definition) is 2. The van der Waals surface area contributed by atoms with Gasteiger partial charge in [-0.1, -0.05) is 24.6 Å². The van der Waals surface area contributed by atoms with Crippen LogP contribution in [-0.2, 0) is 23.4 Å². The van der Waals surface area contributed by atoms with Crippen LogP contribution in [0.2, 0.25) is 0 Å². The zero-order chi connectivity index (χ0) is 32.4. The lowest BCUT2D eigenvalue weighted by Gasteiger charge is -2.29. The van der Waals surface area contributed by atoms with E-state index in [4.69, 9.17) is 23.3 Å². The van der Waals surface area contributed by atoms with E-state index in [1.165, 1.54) is 25.3 Å². The molecule has 5 rings (SSSR count). The van der Waals surface area contributed by atoms with E-state index in [1.807, 2.05) is 0 Å². The summed E-state index contributed by atoms with van der Waals surface area (Å²) in [6.45, 7) is 4.87. The molecular weight excluding hydrogens is 613 g/mol. The Kier molecular flexibility index (Phi) is 9.90. The molecule has 2 N–H and O–H groups in total. The van der Waals surface area contributed by atoms with Crippen molar-refractivity contribution in [2.45, 2.75) is 102 Å². The Morgan fingerprint density at radius 2 is 1.91 bits per heavy atom. The number of alkyl halides is 2. The fourth-order valence-electron chi connectivity index (χ4n) is 5.73. The number of fused-ring (bicyclic) bond motifs is 1. The van der Waals surface area contributed by atoms with E-state index in [0.29, 0.717) is 12.4 Å². The molecule has 3 unspecified atom stereocenters. The Morgan fingerprint density at radius 3 is 2.60 bits per heavy atom. The quantitative estimate of drug-likeness (QED) is 0.230. The number of aryl methyl sites for hydroxylation is 1. The Morgan fingerprint density at radius 1 is 1.20 bits per heavy atom. The Balaban J connectivity index is 1.34. The molecule has 1 aromatic heterocycles. The molecule has 1 saturated carbocycles. The lowest BCUT2D eigenvalue weighted by Crippen LogP contribution is -2.48. The molecule has 0 radical (unpaired) electrons. The highest BCUT2D eigenvalue weighted by Gasteiger charge is 2.66. The topological polar surface area (TPSA) is 151 Å². The number of hydrogen-bond acceptors (Lipinski definition) is 11. The third-order valence-electron chi connectivity index (χ3n) is 8.04. The normalized spacial score (nSPS) is 30.0. The van der Waals surface area contributed by atoms with Gasteiger partial charge in [-0.05, 0) is 65.5 Å². The van der Waals surface area contributed by atoms with Crippen LogP contribution in [0, 0.1) is 6.92 Å². The number of aliphatic imine (C=N–C) groups is 1. The van der Waals surface area contributed by atoms with Crippen molar-refractivity contribution >= 4 is 25.6 Å². The molecule has 45 heavy (non-hydrogen) atoms. The van der Waals surface area contributed by atoms with Crippen molar-refractivity contribution in [3.63, 3.8) is 0 Å². The number of nitrogens with one attached hydrogen (secondary N) is 1. The van der Waals surface area contributed by atoms with Crippen LogP contribution in [0.5, 0.6) is 11.6 Å². The summed E-state index contributed by atoms with van der Waals surface area (Å²) in [5.41, 5.74) is -2.16. The van der Waals surface area contributed by atoms with Crippen LogP contribution in [0.15, 0.2) is 35.3 Å². The SMILES string of the molecule is CCOc1nc(C)nc2c1N=CC2[C@@H]1O[C@](F)(COP(=O)(NC(C)C(=O)OC2CCCCC2)Oc2ccccc2)[C@@H](O)[C@@]1(C)F. The maximum absolute atomic E-state index is 16.4. The predicted molar refractivity (Wildman–Crippen MR) is 159 cm³/mol. The fraction of sp³-hybridized carbons (Fsp3) is 0.600. The number of carbonyl (C=O) groups is 1. The monoisotopic (exact) mass is 652 g/mol. The largest absolute Gasteiger partial charge is 0.476 e. The van der Waals surface area contributed by atoms with Crippen molar-refractivity contribution in [3.05, 3.63) is 41.9 Å². The number of nitrogens with zero attached hydrogens (tertiary/aromatic N) is 3. The molecule has 0 amide bonds. The smallest absolute Gasteiger partial charge is 0.459 e. The highest BCUT2D eigenvalue weighted by atomic mass is 31.2. The van der Waals surface area contributed by atoms with Gasteiger partial charge < -0.3 is 23.8 Å². The zero-order valence-electron chi connectivity index (χ0n) is 25.7. The molecular formula is C30H39F2N4O8P. The lowest BCUT2D eigenvalue weighted by molar-refractivity contribution is -0.192. The van der Waals surface area contributed by atoms with E-state index in [1.54, 1.807) is 32.0 Å². The number of esters is 1. The molecule has 7 atom stereocenters. The Hall–Kier alpha value is -3.03. The van der Waals surface area contributed by atoms with Gasteiger partial charge in [0, 0.05) is 6.21 Å². The summed E-state index contributed by atoms with van der Waals surface area (Å²) < 4.78 is 74.3. The molecule has 0 bridgehead atoms. The predicted octanol–water partition coefficient (Wildman–Crippen LogP) is 5.19. The number of rotatable bonds is 12. The van der Waals surface area contributed by atoms with Crippen molar-refractivity contribution in [1.82, 2.24) is 15.1 Å². The molecule has 0 spiro atoms. The number of aliphatic hydroxyl groups excluding tert-OH is 1. The molecule has 3 aliphatic rings. The maximum atomic E-state index is 16.4. The number of ether oxygens (including phenoxy) is 3. The van der Waals surface area contributed by atoms with E-state index < -0.39 is 56.0 Å². The minimum atomic E-state index is -4.55. The fourth-order valence-corrected chi connectivity index (χ4v) is 7.23. The van der Waals surface area contributed by atoms with Gasteiger partial charge in [-0.25, -0.2) is 18.3 Å². The third kappa shape index (κ3) is 7.20. The van der Waals surface area contributed by atoms with Crippen LogP contribution < -0.4 is 14.3 Å². The van der Waals surface area contributed by atoms with E-state index in [9.17, 15) is 14.5 Å². The number of para-hydroxylation sites is 1. The Labute approximate surface area is 260 Å². The van der Waals surface area contributed by atoms with Crippen LogP contribution in [0.4, 0.5) is 14.5 Å². The summed E-state index contributed by atoms with van der Waals surface area (Å²) in [5, 5.41) is 13.4. The number of aliphatic hydroxyl groups is 1. The summed E-state index contributed by atoms with van der Waals surface area (Å²) in [5.74, 6) is -4.28. The van der Waals surface area contributed by atoms with E-state index in [0.717, 1.165) is 39.0 Å². The van der Waals surface area contributed by atoms with Crippen LogP contribution in [-0.4, -0.2) is 76.3 Å². The molecule has 2 fully saturated rings. The second-order valence-electron chi connectivity index (χ2n) is 11.6. The molecule has 1 aromatic carbocycles. The Bertz CT molecular complexity index is 1440. The van der Waals surface area contributed by atoms with Crippen LogP contribution in [0.3, 0.4) is 0 Å². The molecule has 12 nitrogen and oxygen atoms in total. The number of halogens is 2. The van der Waals surface area contributed by atoms with Crippen LogP contribution in [0.25, 0.3) is 0 Å². The van der Waals surface area contributed by atoms with Crippen molar-refractivity contribution in [2.75, 3.05) is 13.2 Å². The first-order valence-corrected chi connectivity index (χ1v) is 16.7. The van der Waals surface area contributed by atoms with Gasteiger partial charge in [0.1, 0.15) is 42.1 Å². The summed E-state index contributed by atoms with van der Waals surface area (Å²) >= 11 is 0. The zero-order valence-corrected chi connectivity index (χ0v) is 26.5. The third-order valence-corrected chi connectivity index (χ3v) is 9.66. The number of aromatic nitrogens is 2. The highest BCUT2D eigenvalue weighted by Crippen LogP contribution is 2.53. The summed E-state index contributed by atoms with van der Waals surface area (Å²) in [7, 11) is -4.55. The summed E-state index contributed by atoms with van der Waals surface area (Å²) in [4.78, 5) is 25.7. The molecule has 1 saturated heterocycles. The summed E-state index contributed by atoms with van der Waals surface area (Å²) in [6, 6.07) is 6.72. The molecule has 15 heteroatoms.